The summed E-state index contributed by atoms with van der Waals surface area (Å²) in [7, 11) is 0. The first kappa shape index (κ1) is 20.0. The molecule has 1 aliphatic heterocycles. The molecule has 1 saturated heterocycles. The number of rotatable bonds is 5. The number of nitrogens with zero attached hydrogens (tertiary/aromatic N) is 3. The molecule has 1 fully saturated rings. The Balaban J connectivity index is 1.41. The first-order chi connectivity index (χ1) is 14.6. The van der Waals surface area contributed by atoms with Gasteiger partial charge in [0, 0.05) is 42.2 Å². The predicted octanol–water partition coefficient (Wildman–Crippen LogP) is 4.18. The number of likely N-dealkylation sites (tertiary alicyclic amines) is 1. The highest BCUT2D eigenvalue weighted by molar-refractivity contribution is 7.10. The minimum absolute atomic E-state index is 0.00130. The topological polar surface area (TPSA) is 88.3 Å². The predicted molar refractivity (Wildman–Crippen MR) is 116 cm³/mol. The van der Waals surface area contributed by atoms with Gasteiger partial charge in [0.2, 0.25) is 23.5 Å². The SMILES string of the molecule is CC(=O)Nc1ccc(-c2noc(C3CCCN(C(=O)C=Cc4cccs4)C3)n2)cc1. The molecular formula is C22H22N4O3S. The highest BCUT2D eigenvalue weighted by Crippen LogP contribution is 2.28. The number of hydrogen-bond donors (Lipinski definition) is 1. The van der Waals surface area contributed by atoms with Gasteiger partial charge < -0.3 is 14.7 Å². The number of amides is 2. The molecule has 0 spiro atoms. The minimum Gasteiger partial charge on any atom is -0.339 e. The summed E-state index contributed by atoms with van der Waals surface area (Å²) in [5, 5.41) is 8.82. The van der Waals surface area contributed by atoms with Crippen LogP contribution in [0.5, 0.6) is 0 Å². The maximum atomic E-state index is 12.6. The van der Waals surface area contributed by atoms with Gasteiger partial charge in [-0.2, -0.15) is 4.98 Å². The van der Waals surface area contributed by atoms with Gasteiger partial charge >= 0.3 is 0 Å². The van der Waals surface area contributed by atoms with Crippen LogP contribution in [0.1, 0.15) is 36.5 Å². The Kier molecular flexibility index (Phi) is 6.04. The summed E-state index contributed by atoms with van der Waals surface area (Å²) in [6, 6.07) is 11.2. The maximum absolute atomic E-state index is 12.6. The van der Waals surface area contributed by atoms with E-state index in [1.54, 1.807) is 29.5 Å². The summed E-state index contributed by atoms with van der Waals surface area (Å²) >= 11 is 1.60. The number of piperidine rings is 1. The van der Waals surface area contributed by atoms with E-state index < -0.39 is 0 Å². The average Bonchev–Trinajstić information content (AvgIpc) is 3.44. The molecule has 4 rings (SSSR count). The van der Waals surface area contributed by atoms with E-state index in [2.05, 4.69) is 15.5 Å². The normalized spacial score (nSPS) is 16.7. The number of anilines is 1. The number of carbonyl (C=O) groups excluding carboxylic acids is 2. The van der Waals surface area contributed by atoms with Gasteiger partial charge in [0.15, 0.2) is 0 Å². The standard InChI is InChI=1S/C22H22N4O3S/c1-15(27)23-18-8-6-16(7-9-18)21-24-22(29-25-21)17-4-2-12-26(14-17)20(28)11-10-19-5-3-13-30-19/h3,5-11,13,17H,2,4,12,14H2,1H3,(H,23,27). The third-order valence-electron chi connectivity index (χ3n) is 4.92. The van der Waals surface area contributed by atoms with Crippen LogP contribution in [0.4, 0.5) is 5.69 Å². The van der Waals surface area contributed by atoms with Crippen LogP contribution in [0, 0.1) is 0 Å². The summed E-state index contributed by atoms with van der Waals surface area (Å²) in [6.07, 6.45) is 5.28. The molecule has 8 heteroatoms. The van der Waals surface area contributed by atoms with Gasteiger partial charge in [-0.25, -0.2) is 0 Å². The molecule has 3 aromatic rings. The van der Waals surface area contributed by atoms with Crippen LogP contribution < -0.4 is 5.32 Å². The van der Waals surface area contributed by atoms with Crippen molar-refractivity contribution in [1.82, 2.24) is 15.0 Å². The zero-order chi connectivity index (χ0) is 20.9. The van der Waals surface area contributed by atoms with E-state index >= 15 is 0 Å². The van der Waals surface area contributed by atoms with Crippen LogP contribution in [-0.4, -0.2) is 39.9 Å². The van der Waals surface area contributed by atoms with Gasteiger partial charge in [-0.3, -0.25) is 9.59 Å². The fourth-order valence-corrected chi connectivity index (χ4v) is 4.07. The second kappa shape index (κ2) is 9.04. The molecule has 1 unspecified atom stereocenters. The lowest BCUT2D eigenvalue weighted by atomic mass is 9.98. The van der Waals surface area contributed by atoms with Crippen LogP contribution in [0.15, 0.2) is 52.4 Å². The van der Waals surface area contributed by atoms with E-state index in [1.807, 2.05) is 40.6 Å². The molecular weight excluding hydrogens is 400 g/mol. The molecule has 1 aliphatic rings. The smallest absolute Gasteiger partial charge is 0.246 e. The number of hydrogen-bond acceptors (Lipinski definition) is 6. The molecule has 3 heterocycles. The molecule has 0 saturated carbocycles. The molecule has 2 amide bonds. The van der Waals surface area contributed by atoms with E-state index in [0.29, 0.717) is 23.9 Å². The Bertz CT molecular complexity index is 1040. The van der Waals surface area contributed by atoms with E-state index in [-0.39, 0.29) is 17.7 Å². The summed E-state index contributed by atoms with van der Waals surface area (Å²) in [5.41, 5.74) is 1.52. The largest absolute Gasteiger partial charge is 0.339 e. The highest BCUT2D eigenvalue weighted by atomic mass is 32.1. The molecule has 0 bridgehead atoms. The van der Waals surface area contributed by atoms with Gasteiger partial charge in [-0.1, -0.05) is 11.2 Å². The van der Waals surface area contributed by atoms with E-state index in [0.717, 1.165) is 29.8 Å². The van der Waals surface area contributed by atoms with Crippen molar-refractivity contribution in [2.24, 2.45) is 0 Å². The van der Waals surface area contributed by atoms with Crippen molar-refractivity contribution in [1.29, 1.82) is 0 Å². The van der Waals surface area contributed by atoms with Crippen molar-refractivity contribution in [2.45, 2.75) is 25.7 Å². The Morgan fingerprint density at radius 3 is 2.83 bits per heavy atom. The fourth-order valence-electron chi connectivity index (χ4n) is 3.45. The lowest BCUT2D eigenvalue weighted by molar-refractivity contribution is -0.127. The lowest BCUT2D eigenvalue weighted by Crippen LogP contribution is -2.38. The molecule has 0 radical (unpaired) electrons. The minimum atomic E-state index is -0.119. The average molecular weight is 423 g/mol. The molecule has 1 aromatic carbocycles. The Labute approximate surface area is 178 Å². The lowest BCUT2D eigenvalue weighted by Gasteiger charge is -2.30. The van der Waals surface area contributed by atoms with Crippen LogP contribution in [0.2, 0.25) is 0 Å². The molecule has 154 valence electrons. The molecule has 7 nitrogen and oxygen atoms in total. The van der Waals surface area contributed by atoms with Gasteiger partial charge in [0.25, 0.3) is 0 Å². The van der Waals surface area contributed by atoms with Crippen molar-refractivity contribution >= 4 is 34.9 Å². The van der Waals surface area contributed by atoms with E-state index in [4.69, 9.17) is 4.52 Å². The monoisotopic (exact) mass is 422 g/mol. The van der Waals surface area contributed by atoms with Crippen molar-refractivity contribution in [2.75, 3.05) is 18.4 Å². The summed E-state index contributed by atoms with van der Waals surface area (Å²) in [4.78, 5) is 31.1. The third kappa shape index (κ3) is 4.83. The maximum Gasteiger partial charge on any atom is 0.246 e. The Morgan fingerprint density at radius 2 is 2.10 bits per heavy atom. The number of nitrogens with one attached hydrogen (secondary N) is 1. The fraction of sp³-hybridized carbons (Fsp3) is 0.273. The Hall–Kier alpha value is -3.26. The first-order valence-electron chi connectivity index (χ1n) is 9.80. The van der Waals surface area contributed by atoms with Crippen molar-refractivity contribution in [3.05, 3.63) is 58.6 Å². The molecule has 2 aromatic heterocycles. The van der Waals surface area contributed by atoms with Crippen LogP contribution in [-0.2, 0) is 9.59 Å². The zero-order valence-corrected chi connectivity index (χ0v) is 17.4. The molecule has 30 heavy (non-hydrogen) atoms. The van der Waals surface area contributed by atoms with Crippen LogP contribution in [0.3, 0.4) is 0 Å². The molecule has 1 N–H and O–H groups in total. The van der Waals surface area contributed by atoms with Gasteiger partial charge in [0.05, 0.1) is 5.92 Å². The van der Waals surface area contributed by atoms with Gasteiger partial charge in [-0.05, 0) is 54.6 Å². The van der Waals surface area contributed by atoms with Gasteiger partial charge in [0.1, 0.15) is 0 Å². The van der Waals surface area contributed by atoms with E-state index in [9.17, 15) is 9.59 Å². The Morgan fingerprint density at radius 1 is 1.27 bits per heavy atom. The van der Waals surface area contributed by atoms with Crippen molar-refractivity contribution in [3.63, 3.8) is 0 Å². The van der Waals surface area contributed by atoms with Gasteiger partial charge in [-0.15, -0.1) is 11.3 Å². The summed E-state index contributed by atoms with van der Waals surface area (Å²) in [6.45, 7) is 2.77. The third-order valence-corrected chi connectivity index (χ3v) is 5.76. The van der Waals surface area contributed by atoms with E-state index in [1.165, 1.54) is 6.92 Å². The summed E-state index contributed by atoms with van der Waals surface area (Å²) < 4.78 is 5.52. The number of thiophene rings is 1. The first-order valence-corrected chi connectivity index (χ1v) is 10.7. The highest BCUT2D eigenvalue weighted by Gasteiger charge is 2.28. The summed E-state index contributed by atoms with van der Waals surface area (Å²) in [5.74, 6) is 0.960. The second-order valence-electron chi connectivity index (χ2n) is 7.19. The van der Waals surface area contributed by atoms with Crippen LogP contribution in [0.25, 0.3) is 17.5 Å². The molecule has 0 aliphatic carbocycles. The zero-order valence-electron chi connectivity index (χ0n) is 16.6. The van der Waals surface area contributed by atoms with Crippen LogP contribution >= 0.6 is 11.3 Å². The number of benzene rings is 1. The molecule has 1 atom stereocenters. The van der Waals surface area contributed by atoms with Crippen molar-refractivity contribution < 1.29 is 14.1 Å². The second-order valence-corrected chi connectivity index (χ2v) is 8.17. The number of carbonyl (C=O) groups is 2. The van der Waals surface area contributed by atoms with Crippen molar-refractivity contribution in [3.8, 4) is 11.4 Å². The number of aromatic nitrogens is 2. The quantitative estimate of drug-likeness (QED) is 0.623.